The molecular formula is C15H18ClNO2S. The lowest BCUT2D eigenvalue weighted by molar-refractivity contribution is 0.199. The molecule has 0 saturated carbocycles. The molecule has 0 fully saturated rings. The number of aromatic nitrogens is 1. The van der Waals surface area contributed by atoms with Crippen LogP contribution in [-0.4, -0.2) is 10.1 Å². The molecule has 0 amide bonds. The van der Waals surface area contributed by atoms with Gasteiger partial charge in [0.05, 0.1) is 21.8 Å². The topological polar surface area (TPSA) is 42.4 Å². The highest BCUT2D eigenvalue weighted by Gasteiger charge is 2.09. The minimum Gasteiger partial charge on any atom is -0.486 e. The lowest BCUT2D eigenvalue weighted by Crippen LogP contribution is -1.98. The van der Waals surface area contributed by atoms with E-state index in [1.807, 2.05) is 11.4 Å². The molecule has 0 spiro atoms. The summed E-state index contributed by atoms with van der Waals surface area (Å²) >= 11 is 7.79. The largest absolute Gasteiger partial charge is 0.486 e. The summed E-state index contributed by atoms with van der Waals surface area (Å²) in [6.45, 7) is 6.34. The van der Waals surface area contributed by atoms with E-state index in [4.69, 9.17) is 16.3 Å². The lowest BCUT2D eigenvalue weighted by Gasteiger charge is -2.10. The first-order chi connectivity index (χ1) is 9.47. The minimum atomic E-state index is -0.534. The van der Waals surface area contributed by atoms with Crippen LogP contribution in [0.5, 0.6) is 5.75 Å². The Hall–Kier alpha value is -1.10. The molecule has 2 aromatic rings. The summed E-state index contributed by atoms with van der Waals surface area (Å²) in [5.74, 6) is 1.04. The number of aliphatic hydroxyl groups excluding tert-OH is 1. The molecule has 0 radical (unpaired) electrons. The van der Waals surface area contributed by atoms with Crippen molar-refractivity contribution in [3.05, 3.63) is 44.9 Å². The second-order valence-corrected chi connectivity index (χ2v) is 6.28. The van der Waals surface area contributed by atoms with Crippen molar-refractivity contribution in [2.24, 2.45) is 0 Å². The van der Waals surface area contributed by atoms with E-state index in [1.165, 1.54) is 0 Å². The van der Waals surface area contributed by atoms with Crippen LogP contribution in [0, 0.1) is 0 Å². The highest BCUT2D eigenvalue weighted by Crippen LogP contribution is 2.29. The summed E-state index contributed by atoms with van der Waals surface area (Å²) in [5, 5.41) is 13.1. The predicted molar refractivity (Wildman–Crippen MR) is 82.6 cm³/mol. The van der Waals surface area contributed by atoms with Gasteiger partial charge in [0, 0.05) is 11.3 Å². The van der Waals surface area contributed by atoms with E-state index in [0.29, 0.717) is 23.3 Å². The van der Waals surface area contributed by atoms with Crippen LogP contribution in [0.2, 0.25) is 5.02 Å². The van der Waals surface area contributed by atoms with Gasteiger partial charge in [-0.25, -0.2) is 4.98 Å². The minimum absolute atomic E-state index is 0.400. The van der Waals surface area contributed by atoms with Crippen LogP contribution >= 0.6 is 22.9 Å². The molecular weight excluding hydrogens is 294 g/mol. The Bertz CT molecular complexity index is 581. The Balaban J connectivity index is 2.03. The number of halogens is 1. The average molecular weight is 312 g/mol. The normalized spacial score (nSPS) is 12.7. The van der Waals surface area contributed by atoms with Gasteiger partial charge in [-0.3, -0.25) is 0 Å². The lowest BCUT2D eigenvalue weighted by atomic mass is 10.1. The number of benzene rings is 1. The van der Waals surface area contributed by atoms with E-state index in [1.54, 1.807) is 30.4 Å². The van der Waals surface area contributed by atoms with Gasteiger partial charge in [-0.1, -0.05) is 31.5 Å². The third-order valence-corrected chi connectivity index (χ3v) is 4.37. The van der Waals surface area contributed by atoms with Crippen LogP contribution in [0.4, 0.5) is 0 Å². The van der Waals surface area contributed by atoms with Gasteiger partial charge in [-0.2, -0.15) is 0 Å². The van der Waals surface area contributed by atoms with Crippen molar-refractivity contribution in [3.63, 3.8) is 0 Å². The van der Waals surface area contributed by atoms with Crippen LogP contribution in [0.25, 0.3) is 0 Å². The van der Waals surface area contributed by atoms with E-state index in [0.717, 1.165) is 16.3 Å². The molecule has 1 N–H and O–H groups in total. The molecule has 0 aliphatic carbocycles. The molecule has 1 atom stereocenters. The first kappa shape index (κ1) is 15.3. The molecule has 5 heteroatoms. The molecule has 0 saturated heterocycles. The van der Waals surface area contributed by atoms with Crippen molar-refractivity contribution >= 4 is 22.9 Å². The molecule has 1 aromatic carbocycles. The molecule has 0 unspecified atom stereocenters. The van der Waals surface area contributed by atoms with E-state index in [2.05, 4.69) is 18.8 Å². The fraction of sp³-hybridized carbons (Fsp3) is 0.400. The van der Waals surface area contributed by atoms with Crippen molar-refractivity contribution < 1.29 is 9.84 Å². The Labute approximate surface area is 128 Å². The number of ether oxygens (including phenoxy) is 1. The summed E-state index contributed by atoms with van der Waals surface area (Å²) in [6, 6.07) is 5.31. The quantitative estimate of drug-likeness (QED) is 0.880. The van der Waals surface area contributed by atoms with E-state index in [-0.39, 0.29) is 0 Å². The zero-order valence-corrected chi connectivity index (χ0v) is 13.3. The molecule has 0 aliphatic rings. The number of aliphatic hydroxyl groups is 1. The zero-order valence-electron chi connectivity index (χ0n) is 11.8. The van der Waals surface area contributed by atoms with Gasteiger partial charge in [-0.05, 0) is 24.6 Å². The van der Waals surface area contributed by atoms with Crippen molar-refractivity contribution in [1.82, 2.24) is 4.98 Å². The predicted octanol–water partition coefficient (Wildman–Crippen LogP) is 4.55. The van der Waals surface area contributed by atoms with Gasteiger partial charge in [0.1, 0.15) is 12.4 Å². The fourth-order valence-electron chi connectivity index (χ4n) is 1.70. The van der Waals surface area contributed by atoms with Gasteiger partial charge in [0.15, 0.2) is 0 Å². The van der Waals surface area contributed by atoms with Gasteiger partial charge < -0.3 is 9.84 Å². The average Bonchev–Trinajstić information content (AvgIpc) is 2.86. The maximum absolute atomic E-state index is 9.49. The van der Waals surface area contributed by atoms with E-state index >= 15 is 0 Å². The molecule has 3 nitrogen and oxygen atoms in total. The van der Waals surface area contributed by atoms with Gasteiger partial charge in [-0.15, -0.1) is 11.3 Å². The fourth-order valence-corrected chi connectivity index (χ4v) is 2.76. The number of nitrogens with zero attached hydrogens (tertiary/aromatic N) is 1. The van der Waals surface area contributed by atoms with Gasteiger partial charge in [0.25, 0.3) is 0 Å². The van der Waals surface area contributed by atoms with E-state index < -0.39 is 6.10 Å². The van der Waals surface area contributed by atoms with Crippen LogP contribution in [0.3, 0.4) is 0 Å². The summed E-state index contributed by atoms with van der Waals surface area (Å²) in [5.41, 5.74) is 1.69. The number of rotatable bonds is 5. The molecule has 1 aromatic heterocycles. The molecule has 20 heavy (non-hydrogen) atoms. The zero-order chi connectivity index (χ0) is 14.7. The highest BCUT2D eigenvalue weighted by molar-refractivity contribution is 7.09. The second-order valence-electron chi connectivity index (χ2n) is 4.99. The summed E-state index contributed by atoms with van der Waals surface area (Å²) < 4.78 is 5.68. The van der Waals surface area contributed by atoms with Crippen molar-refractivity contribution in [2.45, 2.75) is 39.4 Å². The third kappa shape index (κ3) is 3.72. The van der Waals surface area contributed by atoms with Crippen molar-refractivity contribution in [3.8, 4) is 5.75 Å². The standard InChI is InChI=1S/C15H18ClNO2S/c1-9(2)15-17-12(8-20-15)7-19-14-5-4-11(10(3)18)6-13(14)16/h4-6,8-10,18H,7H2,1-3H3/t10-/m1/s1. The summed E-state index contributed by atoms with van der Waals surface area (Å²) in [6.07, 6.45) is -0.534. The van der Waals surface area contributed by atoms with Crippen LogP contribution in [0.15, 0.2) is 23.6 Å². The van der Waals surface area contributed by atoms with Gasteiger partial charge in [0.2, 0.25) is 0 Å². The maximum Gasteiger partial charge on any atom is 0.138 e. The SMILES string of the molecule is CC(C)c1nc(COc2ccc([C@@H](C)O)cc2Cl)cs1. The van der Waals surface area contributed by atoms with Crippen LogP contribution in [-0.2, 0) is 6.61 Å². The number of hydrogen-bond donors (Lipinski definition) is 1. The summed E-state index contributed by atoms with van der Waals surface area (Å²) in [7, 11) is 0. The van der Waals surface area contributed by atoms with Crippen LogP contribution in [0.1, 0.15) is 49.1 Å². The van der Waals surface area contributed by atoms with Crippen molar-refractivity contribution in [1.29, 1.82) is 0 Å². The van der Waals surface area contributed by atoms with Gasteiger partial charge >= 0.3 is 0 Å². The monoisotopic (exact) mass is 311 g/mol. The number of hydrogen-bond acceptors (Lipinski definition) is 4. The third-order valence-electron chi connectivity index (χ3n) is 2.88. The van der Waals surface area contributed by atoms with Crippen LogP contribution < -0.4 is 4.74 Å². The molecule has 0 bridgehead atoms. The Morgan fingerprint density at radius 2 is 2.10 bits per heavy atom. The first-order valence-corrected chi connectivity index (χ1v) is 7.77. The molecule has 0 aliphatic heterocycles. The van der Waals surface area contributed by atoms with E-state index in [9.17, 15) is 5.11 Å². The smallest absolute Gasteiger partial charge is 0.138 e. The first-order valence-electron chi connectivity index (χ1n) is 6.52. The molecule has 2 rings (SSSR count). The second kappa shape index (κ2) is 6.57. The Kier molecular flexibility index (Phi) is 5.02. The summed E-state index contributed by atoms with van der Waals surface area (Å²) in [4.78, 5) is 4.51. The molecule has 1 heterocycles. The molecule has 108 valence electrons. The maximum atomic E-state index is 9.49. The Morgan fingerprint density at radius 1 is 1.35 bits per heavy atom. The van der Waals surface area contributed by atoms with Crippen molar-refractivity contribution in [2.75, 3.05) is 0 Å². The highest BCUT2D eigenvalue weighted by atomic mass is 35.5. The Morgan fingerprint density at radius 3 is 2.65 bits per heavy atom. The number of thiazole rings is 1.